The van der Waals surface area contributed by atoms with Crippen molar-refractivity contribution in [2.75, 3.05) is 13.2 Å². The summed E-state index contributed by atoms with van der Waals surface area (Å²) in [5.74, 6) is -0.182. The number of hydrogen-bond donors (Lipinski definition) is 6. The average molecular weight is 908 g/mol. The maximum absolute atomic E-state index is 13.0. The lowest BCUT2D eigenvalue weighted by atomic mass is 9.99. The van der Waals surface area contributed by atoms with Crippen molar-refractivity contribution in [3.63, 3.8) is 0 Å². The van der Waals surface area contributed by atoms with Crippen LogP contribution in [0.3, 0.4) is 0 Å². The molecule has 378 valence electrons. The quantitative estimate of drug-likeness (QED) is 0.0261. The SMILES string of the molecule is CCCCCCCCCCCCCCCCCC/C=C/CC/C=C/C(O)C(COC1OC(CO)C(O)C(O)C1O)NC(=O)CCCCCCCCCCCCCCCCCCCCC. The van der Waals surface area contributed by atoms with Crippen molar-refractivity contribution in [1.82, 2.24) is 5.32 Å². The third-order valence-electron chi connectivity index (χ3n) is 13.3. The highest BCUT2D eigenvalue weighted by Gasteiger charge is 2.44. The zero-order chi connectivity index (χ0) is 46.6. The summed E-state index contributed by atoms with van der Waals surface area (Å²) in [6.07, 6.45) is 49.5. The zero-order valence-corrected chi connectivity index (χ0v) is 41.8. The van der Waals surface area contributed by atoms with Gasteiger partial charge in [0.1, 0.15) is 24.4 Å². The van der Waals surface area contributed by atoms with E-state index in [1.807, 2.05) is 6.08 Å². The van der Waals surface area contributed by atoms with Crippen molar-refractivity contribution in [2.24, 2.45) is 0 Å². The summed E-state index contributed by atoms with van der Waals surface area (Å²) in [5.41, 5.74) is 0. The first-order chi connectivity index (χ1) is 31.3. The van der Waals surface area contributed by atoms with Gasteiger partial charge in [0, 0.05) is 6.42 Å². The standard InChI is InChI=1S/C55H105NO8/c1-3-5-7-9-11-13-15-17-19-21-23-24-25-27-28-30-32-34-36-38-40-42-44-49(58)48(47-63-55-54(62)53(61)52(60)50(46-57)64-55)56-51(59)45-43-41-39-37-35-33-31-29-26-22-20-18-16-14-12-10-8-6-4-2/h34,36,42,44,48-50,52-55,57-58,60-62H,3-33,35,37-41,43,45-47H2,1-2H3,(H,56,59)/b36-34+,44-42+. The molecule has 1 amide bonds. The Kier molecular flexibility index (Phi) is 43.1. The summed E-state index contributed by atoms with van der Waals surface area (Å²) in [5, 5.41) is 54.4. The molecule has 1 aliphatic heterocycles. The molecule has 1 aliphatic rings. The molecule has 64 heavy (non-hydrogen) atoms. The van der Waals surface area contributed by atoms with Crippen molar-refractivity contribution >= 4 is 5.91 Å². The molecular weight excluding hydrogens is 803 g/mol. The molecule has 0 bridgehead atoms. The van der Waals surface area contributed by atoms with E-state index >= 15 is 0 Å². The second-order valence-electron chi connectivity index (χ2n) is 19.4. The Balaban J connectivity index is 2.27. The number of carbonyl (C=O) groups excluding carboxylic acids is 1. The third-order valence-corrected chi connectivity index (χ3v) is 13.3. The van der Waals surface area contributed by atoms with Crippen molar-refractivity contribution in [3.8, 4) is 0 Å². The number of nitrogens with one attached hydrogen (secondary N) is 1. The fourth-order valence-electron chi connectivity index (χ4n) is 8.88. The van der Waals surface area contributed by atoms with E-state index in [0.29, 0.717) is 6.42 Å². The van der Waals surface area contributed by atoms with Crippen LogP contribution in [0.5, 0.6) is 0 Å². The Hall–Kier alpha value is -1.33. The van der Waals surface area contributed by atoms with Crippen LogP contribution in [0.15, 0.2) is 24.3 Å². The van der Waals surface area contributed by atoms with Gasteiger partial charge in [0.05, 0.1) is 25.4 Å². The van der Waals surface area contributed by atoms with Crippen LogP contribution in [-0.2, 0) is 14.3 Å². The second-order valence-corrected chi connectivity index (χ2v) is 19.4. The molecule has 6 N–H and O–H groups in total. The van der Waals surface area contributed by atoms with Gasteiger partial charge in [-0.25, -0.2) is 0 Å². The molecule has 1 heterocycles. The zero-order valence-electron chi connectivity index (χ0n) is 41.8. The topological polar surface area (TPSA) is 149 Å². The normalized spacial score (nSPS) is 20.1. The largest absolute Gasteiger partial charge is 0.394 e. The minimum absolute atomic E-state index is 0.182. The summed E-state index contributed by atoms with van der Waals surface area (Å²) in [6, 6.07) is -0.818. The molecule has 1 rings (SSSR count). The summed E-state index contributed by atoms with van der Waals surface area (Å²) in [4.78, 5) is 13.0. The lowest BCUT2D eigenvalue weighted by molar-refractivity contribution is -0.302. The van der Waals surface area contributed by atoms with Gasteiger partial charge in [-0.05, 0) is 32.1 Å². The van der Waals surface area contributed by atoms with Gasteiger partial charge in [-0.1, -0.05) is 250 Å². The van der Waals surface area contributed by atoms with Gasteiger partial charge in [0.2, 0.25) is 5.91 Å². The van der Waals surface area contributed by atoms with Crippen LogP contribution < -0.4 is 5.32 Å². The maximum atomic E-state index is 13.0. The number of unbranched alkanes of at least 4 members (excludes halogenated alkanes) is 35. The van der Waals surface area contributed by atoms with Gasteiger partial charge in [-0.15, -0.1) is 0 Å². The number of carbonyl (C=O) groups is 1. The smallest absolute Gasteiger partial charge is 0.220 e. The first-order valence-corrected chi connectivity index (χ1v) is 27.6. The van der Waals surface area contributed by atoms with Crippen LogP contribution in [0.4, 0.5) is 0 Å². The number of allylic oxidation sites excluding steroid dienone is 3. The molecule has 0 aromatic rings. The number of amides is 1. The molecule has 0 radical (unpaired) electrons. The van der Waals surface area contributed by atoms with Crippen molar-refractivity contribution < 1.29 is 39.8 Å². The molecule has 0 aromatic heterocycles. The van der Waals surface area contributed by atoms with E-state index in [9.17, 15) is 30.3 Å². The van der Waals surface area contributed by atoms with Gasteiger partial charge in [-0.2, -0.15) is 0 Å². The molecule has 0 aliphatic carbocycles. The summed E-state index contributed by atoms with van der Waals surface area (Å²) >= 11 is 0. The Morgan fingerprint density at radius 2 is 0.891 bits per heavy atom. The van der Waals surface area contributed by atoms with Crippen LogP contribution in [0.1, 0.15) is 264 Å². The predicted octanol–water partition coefficient (Wildman–Crippen LogP) is 13.0. The molecule has 1 fully saturated rings. The van der Waals surface area contributed by atoms with Crippen LogP contribution in [0, 0.1) is 0 Å². The molecule has 1 saturated heterocycles. The summed E-state index contributed by atoms with van der Waals surface area (Å²) < 4.78 is 11.2. The highest BCUT2D eigenvalue weighted by molar-refractivity contribution is 5.76. The molecule has 9 heteroatoms. The fourth-order valence-corrected chi connectivity index (χ4v) is 8.88. The predicted molar refractivity (Wildman–Crippen MR) is 267 cm³/mol. The van der Waals surface area contributed by atoms with Crippen molar-refractivity contribution in [1.29, 1.82) is 0 Å². The van der Waals surface area contributed by atoms with Gasteiger partial charge in [0.15, 0.2) is 6.29 Å². The van der Waals surface area contributed by atoms with Crippen LogP contribution >= 0.6 is 0 Å². The minimum atomic E-state index is -1.57. The monoisotopic (exact) mass is 908 g/mol. The maximum Gasteiger partial charge on any atom is 0.220 e. The van der Waals surface area contributed by atoms with Crippen molar-refractivity contribution in [3.05, 3.63) is 24.3 Å². The first-order valence-electron chi connectivity index (χ1n) is 27.6. The van der Waals surface area contributed by atoms with Gasteiger partial charge in [0.25, 0.3) is 0 Å². The Bertz CT molecular complexity index is 1060. The van der Waals surface area contributed by atoms with Gasteiger partial charge in [-0.3, -0.25) is 4.79 Å². The third kappa shape index (κ3) is 34.9. The lowest BCUT2D eigenvalue weighted by Crippen LogP contribution is -2.60. The number of aliphatic hydroxyl groups is 5. The lowest BCUT2D eigenvalue weighted by Gasteiger charge is -2.40. The minimum Gasteiger partial charge on any atom is -0.394 e. The van der Waals surface area contributed by atoms with E-state index < -0.39 is 49.5 Å². The molecule has 0 saturated carbocycles. The Morgan fingerprint density at radius 3 is 1.31 bits per heavy atom. The molecule has 0 aromatic carbocycles. The molecule has 7 atom stereocenters. The van der Waals surface area contributed by atoms with Crippen molar-refractivity contribution in [2.45, 2.75) is 307 Å². The molecule has 9 nitrogen and oxygen atoms in total. The number of hydrogen-bond acceptors (Lipinski definition) is 8. The molecule has 0 spiro atoms. The van der Waals surface area contributed by atoms with Gasteiger partial charge < -0.3 is 40.3 Å². The van der Waals surface area contributed by atoms with Crippen LogP contribution in [-0.4, -0.2) is 87.5 Å². The number of rotatable bonds is 47. The van der Waals surface area contributed by atoms with E-state index in [1.165, 1.54) is 205 Å². The summed E-state index contributed by atoms with van der Waals surface area (Å²) in [6.45, 7) is 3.80. The first kappa shape index (κ1) is 60.7. The summed E-state index contributed by atoms with van der Waals surface area (Å²) in [7, 11) is 0. The Labute approximate surface area is 394 Å². The van der Waals surface area contributed by atoms with Gasteiger partial charge >= 0.3 is 0 Å². The number of ether oxygens (including phenoxy) is 2. The molecular formula is C55H105NO8. The highest BCUT2D eigenvalue weighted by Crippen LogP contribution is 2.23. The van der Waals surface area contributed by atoms with E-state index in [2.05, 4.69) is 31.3 Å². The van der Waals surface area contributed by atoms with Crippen LogP contribution in [0.25, 0.3) is 0 Å². The fraction of sp³-hybridized carbons (Fsp3) is 0.909. The van der Waals surface area contributed by atoms with E-state index in [1.54, 1.807) is 6.08 Å². The highest BCUT2D eigenvalue weighted by atomic mass is 16.7. The number of aliphatic hydroxyl groups excluding tert-OH is 5. The van der Waals surface area contributed by atoms with E-state index in [0.717, 1.165) is 38.5 Å². The Morgan fingerprint density at radius 1 is 0.516 bits per heavy atom. The van der Waals surface area contributed by atoms with E-state index in [4.69, 9.17) is 9.47 Å². The molecule has 7 unspecified atom stereocenters. The van der Waals surface area contributed by atoms with Crippen LogP contribution in [0.2, 0.25) is 0 Å². The van der Waals surface area contributed by atoms with E-state index in [-0.39, 0.29) is 12.5 Å². The average Bonchev–Trinajstić information content (AvgIpc) is 3.29. The second kappa shape index (κ2) is 45.5.